The van der Waals surface area contributed by atoms with Gasteiger partial charge in [0.15, 0.2) is 0 Å². The quantitative estimate of drug-likeness (QED) is 0.921. The third-order valence-electron chi connectivity index (χ3n) is 4.04. The number of carbonyl (C=O) groups is 1. The maximum atomic E-state index is 12.1. The number of hydrogen-bond donors (Lipinski definition) is 1. The molecule has 6 nitrogen and oxygen atoms in total. The van der Waals surface area contributed by atoms with Gasteiger partial charge in [0.1, 0.15) is 10.7 Å². The van der Waals surface area contributed by atoms with E-state index in [1.165, 1.54) is 11.3 Å². The number of thiazole rings is 1. The van der Waals surface area contributed by atoms with Crippen LogP contribution in [0.25, 0.3) is 0 Å². The lowest BCUT2D eigenvalue weighted by Gasteiger charge is -2.33. The van der Waals surface area contributed by atoms with E-state index in [1.807, 2.05) is 25.3 Å². The van der Waals surface area contributed by atoms with Gasteiger partial charge in [0.25, 0.3) is 5.91 Å². The Morgan fingerprint density at radius 3 is 2.65 bits per heavy atom. The lowest BCUT2D eigenvalue weighted by atomic mass is 10.2. The Labute approximate surface area is 140 Å². The van der Waals surface area contributed by atoms with Crippen LogP contribution in [0, 0.1) is 6.92 Å². The normalized spacial score (nSPS) is 15.7. The number of pyridine rings is 1. The topological polar surface area (TPSA) is 61.4 Å². The van der Waals surface area contributed by atoms with Gasteiger partial charge in [0.05, 0.1) is 11.2 Å². The fourth-order valence-electron chi connectivity index (χ4n) is 2.53. The van der Waals surface area contributed by atoms with E-state index in [9.17, 15) is 4.79 Å². The van der Waals surface area contributed by atoms with Crippen LogP contribution in [0.2, 0.25) is 0 Å². The number of nitrogens with one attached hydrogen (secondary N) is 1. The number of anilines is 1. The van der Waals surface area contributed by atoms with Crippen LogP contribution in [-0.2, 0) is 6.54 Å². The second kappa shape index (κ2) is 7.06. The van der Waals surface area contributed by atoms with Gasteiger partial charge in [0, 0.05) is 38.9 Å². The molecule has 7 heteroatoms. The summed E-state index contributed by atoms with van der Waals surface area (Å²) >= 11 is 1.36. The van der Waals surface area contributed by atoms with Gasteiger partial charge < -0.3 is 15.1 Å². The zero-order valence-corrected chi connectivity index (χ0v) is 14.3. The first kappa shape index (κ1) is 15.9. The molecule has 0 aliphatic carbocycles. The molecule has 0 unspecified atom stereocenters. The Bertz CT molecular complexity index is 661. The molecule has 122 valence electrons. The molecule has 1 saturated heterocycles. The van der Waals surface area contributed by atoms with E-state index in [2.05, 4.69) is 32.1 Å². The zero-order valence-electron chi connectivity index (χ0n) is 13.5. The van der Waals surface area contributed by atoms with E-state index < -0.39 is 0 Å². The van der Waals surface area contributed by atoms with Gasteiger partial charge in [-0.05, 0) is 25.6 Å². The standard InChI is InChI=1S/C16H21N5OS/c1-12-15(23-11-19-12)16(22)18-10-13-3-4-14(17-9-13)21-7-5-20(2)6-8-21/h3-4,9,11H,5-8,10H2,1-2H3,(H,18,22). The largest absolute Gasteiger partial charge is 0.354 e. The number of likely N-dealkylation sites (N-methyl/N-ethyl adjacent to an activating group) is 1. The van der Waals surface area contributed by atoms with Gasteiger partial charge in [0.2, 0.25) is 0 Å². The third-order valence-corrected chi connectivity index (χ3v) is 4.97. The van der Waals surface area contributed by atoms with Crippen molar-refractivity contribution in [1.29, 1.82) is 0 Å². The number of aryl methyl sites for hydroxylation is 1. The number of piperazine rings is 1. The minimum atomic E-state index is -0.0758. The number of amides is 1. The van der Waals surface area contributed by atoms with E-state index in [-0.39, 0.29) is 5.91 Å². The highest BCUT2D eigenvalue weighted by molar-refractivity contribution is 7.11. The Morgan fingerprint density at radius 1 is 1.26 bits per heavy atom. The molecule has 0 atom stereocenters. The van der Waals surface area contributed by atoms with Crippen molar-refractivity contribution < 1.29 is 4.79 Å². The van der Waals surface area contributed by atoms with Crippen molar-refractivity contribution in [3.63, 3.8) is 0 Å². The number of rotatable bonds is 4. The molecule has 23 heavy (non-hydrogen) atoms. The van der Waals surface area contributed by atoms with Crippen molar-refractivity contribution in [1.82, 2.24) is 20.2 Å². The third kappa shape index (κ3) is 3.86. The smallest absolute Gasteiger partial charge is 0.263 e. The molecule has 0 spiro atoms. The van der Waals surface area contributed by atoms with E-state index in [0.29, 0.717) is 11.4 Å². The van der Waals surface area contributed by atoms with Gasteiger partial charge >= 0.3 is 0 Å². The van der Waals surface area contributed by atoms with Gasteiger partial charge in [-0.25, -0.2) is 9.97 Å². The average molecular weight is 331 g/mol. The predicted molar refractivity (Wildman–Crippen MR) is 92.0 cm³/mol. The van der Waals surface area contributed by atoms with E-state index in [1.54, 1.807) is 5.51 Å². The molecule has 0 aromatic carbocycles. The van der Waals surface area contributed by atoms with Crippen LogP contribution in [0.3, 0.4) is 0 Å². The molecule has 1 aliphatic heterocycles. The van der Waals surface area contributed by atoms with Crippen LogP contribution in [0.5, 0.6) is 0 Å². The highest BCUT2D eigenvalue weighted by Crippen LogP contribution is 2.14. The maximum Gasteiger partial charge on any atom is 0.263 e. The summed E-state index contributed by atoms with van der Waals surface area (Å²) in [5.41, 5.74) is 3.46. The first-order valence-electron chi connectivity index (χ1n) is 7.70. The second-order valence-electron chi connectivity index (χ2n) is 5.76. The molecule has 3 rings (SSSR count). The summed E-state index contributed by atoms with van der Waals surface area (Å²) in [5, 5.41) is 2.92. The Balaban J connectivity index is 1.55. The van der Waals surface area contributed by atoms with Gasteiger partial charge in [-0.15, -0.1) is 11.3 Å². The Hall–Kier alpha value is -1.99. The molecule has 2 aromatic rings. The molecule has 1 N–H and O–H groups in total. The minimum absolute atomic E-state index is 0.0758. The average Bonchev–Trinajstić information content (AvgIpc) is 3.00. The Morgan fingerprint density at radius 2 is 2.04 bits per heavy atom. The number of aromatic nitrogens is 2. The summed E-state index contributed by atoms with van der Waals surface area (Å²) in [6, 6.07) is 4.06. The van der Waals surface area contributed by atoms with Crippen LogP contribution >= 0.6 is 11.3 Å². The van der Waals surface area contributed by atoms with E-state index >= 15 is 0 Å². The SMILES string of the molecule is Cc1ncsc1C(=O)NCc1ccc(N2CCN(C)CC2)nc1. The van der Waals surface area contributed by atoms with Crippen molar-refractivity contribution in [2.75, 3.05) is 38.1 Å². The first-order valence-corrected chi connectivity index (χ1v) is 8.58. The summed E-state index contributed by atoms with van der Waals surface area (Å²) in [6.45, 7) is 6.46. The zero-order chi connectivity index (χ0) is 16.2. The van der Waals surface area contributed by atoms with Crippen LogP contribution in [0.4, 0.5) is 5.82 Å². The molecule has 0 bridgehead atoms. The lowest BCUT2D eigenvalue weighted by molar-refractivity contribution is 0.0954. The van der Waals surface area contributed by atoms with Gasteiger partial charge in [-0.2, -0.15) is 0 Å². The van der Waals surface area contributed by atoms with Gasteiger partial charge in [-0.1, -0.05) is 6.07 Å². The molecular formula is C16H21N5OS. The van der Waals surface area contributed by atoms with Crippen molar-refractivity contribution >= 4 is 23.1 Å². The van der Waals surface area contributed by atoms with Crippen molar-refractivity contribution in [3.8, 4) is 0 Å². The molecule has 0 radical (unpaired) electrons. The van der Waals surface area contributed by atoms with Crippen molar-refractivity contribution in [2.45, 2.75) is 13.5 Å². The summed E-state index contributed by atoms with van der Waals surface area (Å²) in [4.78, 5) is 26.0. The molecule has 3 heterocycles. The maximum absolute atomic E-state index is 12.1. The summed E-state index contributed by atoms with van der Waals surface area (Å²) in [6.07, 6.45) is 1.84. The summed E-state index contributed by atoms with van der Waals surface area (Å²) in [5.74, 6) is 0.930. The molecular weight excluding hydrogens is 310 g/mol. The summed E-state index contributed by atoms with van der Waals surface area (Å²) < 4.78 is 0. The second-order valence-corrected chi connectivity index (χ2v) is 6.62. The number of carbonyl (C=O) groups excluding carboxylic acids is 1. The molecule has 2 aromatic heterocycles. The minimum Gasteiger partial charge on any atom is -0.354 e. The first-order chi connectivity index (χ1) is 11.1. The van der Waals surface area contributed by atoms with E-state index in [4.69, 9.17) is 0 Å². The number of nitrogens with zero attached hydrogens (tertiary/aromatic N) is 4. The Kier molecular flexibility index (Phi) is 4.88. The van der Waals surface area contributed by atoms with Crippen LogP contribution < -0.4 is 10.2 Å². The summed E-state index contributed by atoms with van der Waals surface area (Å²) in [7, 11) is 2.14. The van der Waals surface area contributed by atoms with Crippen molar-refractivity contribution in [3.05, 3.63) is 40.0 Å². The lowest BCUT2D eigenvalue weighted by Crippen LogP contribution is -2.44. The highest BCUT2D eigenvalue weighted by atomic mass is 32.1. The highest BCUT2D eigenvalue weighted by Gasteiger charge is 2.15. The number of hydrogen-bond acceptors (Lipinski definition) is 6. The molecule has 1 fully saturated rings. The van der Waals surface area contributed by atoms with Gasteiger partial charge in [-0.3, -0.25) is 4.79 Å². The molecule has 1 amide bonds. The van der Waals surface area contributed by atoms with Crippen LogP contribution in [0.15, 0.2) is 23.8 Å². The molecule has 1 aliphatic rings. The molecule has 0 saturated carbocycles. The predicted octanol–water partition coefficient (Wildman–Crippen LogP) is 1.53. The van der Waals surface area contributed by atoms with E-state index in [0.717, 1.165) is 43.3 Å². The van der Waals surface area contributed by atoms with Crippen molar-refractivity contribution in [2.24, 2.45) is 0 Å². The fourth-order valence-corrected chi connectivity index (χ4v) is 3.25. The van der Waals surface area contributed by atoms with Crippen LogP contribution in [-0.4, -0.2) is 54.0 Å². The fraction of sp³-hybridized carbons (Fsp3) is 0.438. The monoisotopic (exact) mass is 331 g/mol. The van der Waals surface area contributed by atoms with Crippen LogP contribution in [0.1, 0.15) is 20.9 Å².